The molecule has 1 aromatic carbocycles. The molecule has 1 aliphatic rings. The zero-order valence-corrected chi connectivity index (χ0v) is 16.4. The minimum atomic E-state index is -3.78. The maximum Gasteiger partial charge on any atom is 0.244 e. The summed E-state index contributed by atoms with van der Waals surface area (Å²) in [6, 6.07) is 5.39. The Morgan fingerprint density at radius 3 is 2.46 bits per heavy atom. The van der Waals surface area contributed by atoms with Crippen LogP contribution in [-0.2, 0) is 14.9 Å². The van der Waals surface area contributed by atoms with Gasteiger partial charge in [0.1, 0.15) is 12.8 Å². The maximum atomic E-state index is 13.5. The number of nitrogens with zero attached hydrogens (tertiary/aromatic N) is 3. The molecular weight excluding hydrogens is 376 g/mol. The number of benzene rings is 1. The lowest BCUT2D eigenvalue weighted by atomic mass is 9.92. The molecule has 0 saturated carbocycles. The molecule has 2 atom stereocenters. The molecule has 0 saturated heterocycles. The van der Waals surface area contributed by atoms with Crippen LogP contribution in [0.25, 0.3) is 0 Å². The second-order valence-corrected chi connectivity index (χ2v) is 8.28. The lowest BCUT2D eigenvalue weighted by Crippen LogP contribution is -2.50. The number of halogens is 1. The molecule has 9 heteroatoms. The number of fused-ring (bicyclic) bond motifs is 1. The van der Waals surface area contributed by atoms with Gasteiger partial charge in [-0.05, 0) is 37.1 Å². The Labute approximate surface area is 158 Å². The second-order valence-electron chi connectivity index (χ2n) is 6.00. The van der Waals surface area contributed by atoms with Crippen molar-refractivity contribution < 1.29 is 13.3 Å². The van der Waals surface area contributed by atoms with Crippen molar-refractivity contribution >= 4 is 27.3 Å². The number of rotatable bonds is 5. The number of H-pyrrole nitrogens is 1. The Balaban J connectivity index is 2.20. The van der Waals surface area contributed by atoms with Crippen molar-refractivity contribution in [3.8, 4) is 0 Å². The van der Waals surface area contributed by atoms with Crippen LogP contribution in [0.3, 0.4) is 0 Å². The van der Waals surface area contributed by atoms with E-state index in [-0.39, 0.29) is 10.9 Å². The Morgan fingerprint density at radius 1 is 1.23 bits per heavy atom. The van der Waals surface area contributed by atoms with Crippen LogP contribution in [0.4, 0.5) is 0 Å². The van der Waals surface area contributed by atoms with Gasteiger partial charge in [-0.1, -0.05) is 30.6 Å². The quantitative estimate of drug-likeness (QED) is 0.785. The van der Waals surface area contributed by atoms with Crippen molar-refractivity contribution in [1.29, 1.82) is 0 Å². The van der Waals surface area contributed by atoms with Gasteiger partial charge in [-0.25, -0.2) is 8.42 Å². The lowest BCUT2D eigenvalue weighted by Gasteiger charge is -2.40. The molecule has 2 aromatic rings. The van der Waals surface area contributed by atoms with Crippen molar-refractivity contribution in [1.82, 2.24) is 14.5 Å². The molecule has 0 bridgehead atoms. The molecule has 7 nitrogen and oxygen atoms in total. The fraction of sp³-hybridized carbons (Fsp3) is 0.412. The summed E-state index contributed by atoms with van der Waals surface area (Å²) in [5.41, 5.74) is 2.06. The fourth-order valence-corrected chi connectivity index (χ4v) is 5.47. The fourth-order valence-electron chi connectivity index (χ4n) is 3.44. The molecule has 0 fully saturated rings. The van der Waals surface area contributed by atoms with Gasteiger partial charge in [-0.3, -0.25) is 5.10 Å². The Kier molecular flexibility index (Phi) is 5.36. The molecule has 1 aromatic heterocycles. The highest BCUT2D eigenvalue weighted by Crippen LogP contribution is 2.39. The van der Waals surface area contributed by atoms with Gasteiger partial charge in [0, 0.05) is 10.6 Å². The standard InChI is InChI=1S/C17H21ClN4O3S/c1-4-14-13-10-19-20-16(13)17(21-25-3)15(5-2)22(14)26(23,24)12-8-6-11(18)7-9-12/h6-10,14-15H,4-5H2,1-3H3,(H,19,20). The van der Waals surface area contributed by atoms with E-state index in [0.29, 0.717) is 23.6 Å². The van der Waals surface area contributed by atoms with E-state index in [1.165, 1.54) is 23.5 Å². The predicted molar refractivity (Wildman–Crippen MR) is 99.7 cm³/mol. The first kappa shape index (κ1) is 18.9. The van der Waals surface area contributed by atoms with Crippen LogP contribution in [0.15, 0.2) is 40.5 Å². The monoisotopic (exact) mass is 396 g/mol. The van der Waals surface area contributed by atoms with E-state index >= 15 is 0 Å². The van der Waals surface area contributed by atoms with E-state index < -0.39 is 16.1 Å². The largest absolute Gasteiger partial charge is 0.399 e. The summed E-state index contributed by atoms with van der Waals surface area (Å²) in [5, 5.41) is 11.6. The SMILES string of the molecule is CCC1C(=NOC)c2[nH]ncc2C(CC)N1S(=O)(=O)c1ccc(Cl)cc1. The summed E-state index contributed by atoms with van der Waals surface area (Å²) in [6.45, 7) is 3.88. The first-order valence-electron chi connectivity index (χ1n) is 8.39. The normalized spacial score (nSPS) is 22.4. The third-order valence-electron chi connectivity index (χ3n) is 4.57. The lowest BCUT2D eigenvalue weighted by molar-refractivity contribution is 0.203. The van der Waals surface area contributed by atoms with Crippen LogP contribution < -0.4 is 0 Å². The topological polar surface area (TPSA) is 87.7 Å². The number of oxime groups is 1. The van der Waals surface area contributed by atoms with Gasteiger partial charge >= 0.3 is 0 Å². The van der Waals surface area contributed by atoms with Crippen LogP contribution in [0.2, 0.25) is 5.02 Å². The average molecular weight is 397 g/mol. The highest BCUT2D eigenvalue weighted by Gasteiger charge is 2.45. The second kappa shape index (κ2) is 7.38. The van der Waals surface area contributed by atoms with Crippen LogP contribution in [0.1, 0.15) is 44.0 Å². The van der Waals surface area contributed by atoms with Crippen LogP contribution in [0, 0.1) is 0 Å². The van der Waals surface area contributed by atoms with Crippen molar-refractivity contribution in [2.45, 2.75) is 43.7 Å². The zero-order valence-electron chi connectivity index (χ0n) is 14.8. The molecule has 2 unspecified atom stereocenters. The summed E-state index contributed by atoms with van der Waals surface area (Å²) in [6.07, 6.45) is 2.81. The third kappa shape index (κ3) is 3.02. The molecule has 1 aliphatic heterocycles. The van der Waals surface area contributed by atoms with E-state index in [2.05, 4.69) is 15.4 Å². The van der Waals surface area contributed by atoms with E-state index in [0.717, 1.165) is 11.3 Å². The number of aromatic nitrogens is 2. The van der Waals surface area contributed by atoms with Crippen molar-refractivity contribution in [2.75, 3.05) is 7.11 Å². The molecule has 2 heterocycles. The summed E-state index contributed by atoms with van der Waals surface area (Å²) in [7, 11) is -2.33. The summed E-state index contributed by atoms with van der Waals surface area (Å²) in [5.74, 6) is 0. The molecule has 26 heavy (non-hydrogen) atoms. The van der Waals surface area contributed by atoms with Crippen LogP contribution >= 0.6 is 11.6 Å². The van der Waals surface area contributed by atoms with Crippen molar-refractivity contribution in [2.24, 2.45) is 5.16 Å². The Bertz CT molecular complexity index is 908. The van der Waals surface area contributed by atoms with Gasteiger partial charge in [-0.15, -0.1) is 0 Å². The van der Waals surface area contributed by atoms with Crippen LogP contribution in [0.5, 0.6) is 0 Å². The number of aromatic amines is 1. The van der Waals surface area contributed by atoms with Crippen molar-refractivity contribution in [3.05, 3.63) is 46.7 Å². The van der Waals surface area contributed by atoms with Gasteiger partial charge in [0.15, 0.2) is 0 Å². The van der Waals surface area contributed by atoms with E-state index in [1.54, 1.807) is 18.3 Å². The smallest absolute Gasteiger partial charge is 0.244 e. The first-order chi connectivity index (χ1) is 12.5. The highest BCUT2D eigenvalue weighted by molar-refractivity contribution is 7.89. The Morgan fingerprint density at radius 2 is 1.88 bits per heavy atom. The van der Waals surface area contributed by atoms with Gasteiger partial charge in [0.05, 0.1) is 28.9 Å². The number of hydrogen-bond donors (Lipinski definition) is 1. The molecule has 3 rings (SSSR count). The number of hydrogen-bond acceptors (Lipinski definition) is 5. The van der Waals surface area contributed by atoms with Gasteiger partial charge in [0.2, 0.25) is 10.0 Å². The molecule has 1 N–H and O–H groups in total. The zero-order chi connectivity index (χ0) is 18.9. The van der Waals surface area contributed by atoms with E-state index in [4.69, 9.17) is 16.4 Å². The minimum Gasteiger partial charge on any atom is -0.399 e. The molecule has 0 amide bonds. The van der Waals surface area contributed by atoms with E-state index in [9.17, 15) is 8.42 Å². The first-order valence-corrected chi connectivity index (χ1v) is 10.2. The average Bonchev–Trinajstić information content (AvgIpc) is 3.11. The molecule has 0 radical (unpaired) electrons. The minimum absolute atomic E-state index is 0.197. The third-order valence-corrected chi connectivity index (χ3v) is 6.75. The van der Waals surface area contributed by atoms with Gasteiger partial charge in [-0.2, -0.15) is 9.40 Å². The van der Waals surface area contributed by atoms with E-state index in [1.807, 2.05) is 13.8 Å². The molecule has 0 spiro atoms. The maximum absolute atomic E-state index is 13.5. The summed E-state index contributed by atoms with van der Waals surface area (Å²) in [4.78, 5) is 5.19. The van der Waals surface area contributed by atoms with Gasteiger partial charge in [0.25, 0.3) is 0 Å². The molecule has 0 aliphatic carbocycles. The van der Waals surface area contributed by atoms with Crippen molar-refractivity contribution in [3.63, 3.8) is 0 Å². The molecular formula is C17H21ClN4O3S. The predicted octanol–water partition coefficient (Wildman–Crippen LogP) is 3.35. The van der Waals surface area contributed by atoms with Gasteiger partial charge < -0.3 is 4.84 Å². The summed E-state index contributed by atoms with van der Waals surface area (Å²) < 4.78 is 28.5. The molecule has 140 valence electrons. The number of sulfonamides is 1. The van der Waals surface area contributed by atoms with Crippen LogP contribution in [-0.4, -0.2) is 41.8 Å². The highest BCUT2D eigenvalue weighted by atomic mass is 35.5. The number of nitrogens with one attached hydrogen (secondary N) is 1. The summed E-state index contributed by atoms with van der Waals surface area (Å²) >= 11 is 5.92. The Hall–Kier alpha value is -1.90.